The average Bonchev–Trinajstić information content (AvgIpc) is 2.36. The first-order chi connectivity index (χ1) is 9.90. The van der Waals surface area contributed by atoms with Gasteiger partial charge in [0.25, 0.3) is 5.91 Å². The van der Waals surface area contributed by atoms with Gasteiger partial charge in [0, 0.05) is 18.3 Å². The summed E-state index contributed by atoms with van der Waals surface area (Å²) in [4.78, 5) is 12.0. The number of anilines is 2. The Morgan fingerprint density at radius 2 is 1.62 bits per heavy atom. The first-order valence-electron chi connectivity index (χ1n) is 6.16. The van der Waals surface area contributed by atoms with E-state index in [9.17, 15) is 18.0 Å². The highest BCUT2D eigenvalue weighted by atomic mass is 19.1. The summed E-state index contributed by atoms with van der Waals surface area (Å²) in [5.74, 6) is -2.98. The van der Waals surface area contributed by atoms with Gasteiger partial charge in [0.15, 0.2) is 0 Å². The zero-order valence-corrected chi connectivity index (χ0v) is 11.4. The van der Waals surface area contributed by atoms with Crippen LogP contribution in [0.2, 0.25) is 0 Å². The number of rotatable bonds is 3. The van der Waals surface area contributed by atoms with E-state index in [0.717, 1.165) is 18.2 Å². The second-order valence-corrected chi connectivity index (χ2v) is 4.54. The van der Waals surface area contributed by atoms with Gasteiger partial charge in [-0.15, -0.1) is 0 Å². The van der Waals surface area contributed by atoms with E-state index in [1.54, 1.807) is 13.0 Å². The number of benzene rings is 2. The third-order valence-corrected chi connectivity index (χ3v) is 2.85. The lowest BCUT2D eigenvalue weighted by molar-refractivity contribution is 0.102. The van der Waals surface area contributed by atoms with E-state index in [1.165, 1.54) is 13.1 Å². The maximum Gasteiger partial charge on any atom is 0.255 e. The lowest BCUT2D eigenvalue weighted by Gasteiger charge is -2.09. The van der Waals surface area contributed by atoms with E-state index >= 15 is 0 Å². The number of hydrogen-bond donors (Lipinski definition) is 2. The van der Waals surface area contributed by atoms with Gasteiger partial charge in [-0.3, -0.25) is 4.79 Å². The van der Waals surface area contributed by atoms with Crippen LogP contribution < -0.4 is 10.6 Å². The predicted octanol–water partition coefficient (Wildman–Crippen LogP) is 3.71. The predicted molar refractivity (Wildman–Crippen MR) is 75.0 cm³/mol. The van der Waals surface area contributed by atoms with Gasteiger partial charge in [0.1, 0.15) is 23.1 Å². The monoisotopic (exact) mass is 294 g/mol. The number of aryl methyl sites for hydroxylation is 1. The van der Waals surface area contributed by atoms with E-state index < -0.39 is 23.4 Å². The maximum absolute atomic E-state index is 13.6. The quantitative estimate of drug-likeness (QED) is 0.906. The van der Waals surface area contributed by atoms with Crippen LogP contribution in [0.25, 0.3) is 0 Å². The molecule has 0 atom stereocenters. The molecule has 0 saturated heterocycles. The molecular weight excluding hydrogens is 281 g/mol. The number of nitrogens with one attached hydrogen (secondary N) is 2. The number of halogens is 3. The molecule has 0 aliphatic rings. The SMILES string of the molecule is CNc1c(F)cc(C(=O)Nc2cc(C)cc(F)c2)cc1F. The second kappa shape index (κ2) is 5.87. The van der Waals surface area contributed by atoms with Gasteiger partial charge in [0.2, 0.25) is 0 Å². The molecule has 21 heavy (non-hydrogen) atoms. The van der Waals surface area contributed by atoms with Crippen LogP contribution in [0, 0.1) is 24.4 Å². The summed E-state index contributed by atoms with van der Waals surface area (Å²) in [6, 6.07) is 5.80. The summed E-state index contributed by atoms with van der Waals surface area (Å²) in [5.41, 5.74) is 0.336. The second-order valence-electron chi connectivity index (χ2n) is 4.54. The summed E-state index contributed by atoms with van der Waals surface area (Å²) < 4.78 is 40.4. The highest BCUT2D eigenvalue weighted by molar-refractivity contribution is 6.04. The molecule has 2 aromatic carbocycles. The zero-order valence-electron chi connectivity index (χ0n) is 11.4. The normalized spacial score (nSPS) is 10.3. The Morgan fingerprint density at radius 3 is 2.14 bits per heavy atom. The summed E-state index contributed by atoms with van der Waals surface area (Å²) in [5, 5.41) is 4.76. The Bertz CT molecular complexity index is 658. The van der Waals surface area contributed by atoms with Gasteiger partial charge >= 0.3 is 0 Å². The largest absolute Gasteiger partial charge is 0.383 e. The molecule has 1 amide bonds. The van der Waals surface area contributed by atoms with E-state index in [-0.39, 0.29) is 16.9 Å². The fraction of sp³-hybridized carbons (Fsp3) is 0.133. The van der Waals surface area contributed by atoms with Crippen LogP contribution >= 0.6 is 0 Å². The zero-order chi connectivity index (χ0) is 15.6. The molecule has 0 fully saturated rings. The smallest absolute Gasteiger partial charge is 0.255 e. The summed E-state index contributed by atoms with van der Waals surface area (Å²) >= 11 is 0. The van der Waals surface area contributed by atoms with Crippen molar-refractivity contribution in [2.45, 2.75) is 6.92 Å². The number of carbonyl (C=O) groups excluding carboxylic acids is 1. The van der Waals surface area contributed by atoms with Gasteiger partial charge in [-0.25, -0.2) is 13.2 Å². The molecule has 0 aromatic heterocycles. The highest BCUT2D eigenvalue weighted by Crippen LogP contribution is 2.21. The van der Waals surface area contributed by atoms with Gasteiger partial charge in [-0.2, -0.15) is 0 Å². The Morgan fingerprint density at radius 1 is 1.00 bits per heavy atom. The minimum absolute atomic E-state index is 0.189. The van der Waals surface area contributed by atoms with Gasteiger partial charge in [0.05, 0.1) is 0 Å². The van der Waals surface area contributed by atoms with Crippen LogP contribution in [-0.2, 0) is 0 Å². The summed E-state index contributed by atoms with van der Waals surface area (Å²) in [7, 11) is 1.37. The topological polar surface area (TPSA) is 41.1 Å². The summed E-state index contributed by atoms with van der Waals surface area (Å²) in [6.07, 6.45) is 0. The van der Waals surface area contributed by atoms with Crippen molar-refractivity contribution in [1.29, 1.82) is 0 Å². The van der Waals surface area contributed by atoms with Crippen LogP contribution in [0.1, 0.15) is 15.9 Å². The molecule has 0 aliphatic carbocycles. The highest BCUT2D eigenvalue weighted by Gasteiger charge is 2.14. The van der Waals surface area contributed by atoms with Crippen LogP contribution in [0.4, 0.5) is 24.5 Å². The van der Waals surface area contributed by atoms with E-state index in [1.807, 2.05) is 0 Å². The minimum atomic E-state index is -0.877. The van der Waals surface area contributed by atoms with E-state index in [4.69, 9.17) is 0 Å². The molecule has 0 spiro atoms. The van der Waals surface area contributed by atoms with Crippen LogP contribution in [0.3, 0.4) is 0 Å². The molecule has 0 radical (unpaired) electrons. The van der Waals surface area contributed by atoms with E-state index in [0.29, 0.717) is 5.56 Å². The molecule has 2 aromatic rings. The molecule has 3 nitrogen and oxygen atoms in total. The van der Waals surface area contributed by atoms with Gasteiger partial charge in [-0.1, -0.05) is 0 Å². The Balaban J connectivity index is 2.28. The molecule has 0 saturated carbocycles. The minimum Gasteiger partial charge on any atom is -0.383 e. The Hall–Kier alpha value is -2.50. The van der Waals surface area contributed by atoms with Crippen molar-refractivity contribution in [1.82, 2.24) is 0 Å². The van der Waals surface area contributed by atoms with Crippen molar-refractivity contribution in [2.75, 3.05) is 17.7 Å². The van der Waals surface area contributed by atoms with Crippen LogP contribution in [-0.4, -0.2) is 13.0 Å². The number of amides is 1. The molecule has 2 N–H and O–H groups in total. The van der Waals surface area contributed by atoms with Crippen molar-refractivity contribution in [3.8, 4) is 0 Å². The van der Waals surface area contributed by atoms with Crippen molar-refractivity contribution >= 4 is 17.3 Å². The lowest BCUT2D eigenvalue weighted by Crippen LogP contribution is -2.13. The van der Waals surface area contributed by atoms with Gasteiger partial charge < -0.3 is 10.6 Å². The Labute approximate surface area is 119 Å². The molecule has 0 bridgehead atoms. The third kappa shape index (κ3) is 3.34. The van der Waals surface area contributed by atoms with Crippen molar-refractivity contribution in [2.24, 2.45) is 0 Å². The van der Waals surface area contributed by atoms with E-state index in [2.05, 4.69) is 10.6 Å². The molecule has 6 heteroatoms. The molecule has 0 aliphatic heterocycles. The molecule has 0 unspecified atom stereocenters. The third-order valence-electron chi connectivity index (χ3n) is 2.85. The fourth-order valence-electron chi connectivity index (χ4n) is 1.95. The Kier molecular flexibility index (Phi) is 4.16. The standard InChI is InChI=1S/C15H13F3N2O/c1-8-3-10(16)7-11(4-8)20-15(21)9-5-12(17)14(19-2)13(18)6-9/h3-7,19H,1-2H3,(H,20,21). The first-order valence-corrected chi connectivity index (χ1v) is 6.16. The van der Waals surface area contributed by atoms with Crippen molar-refractivity contribution < 1.29 is 18.0 Å². The molecule has 110 valence electrons. The molecule has 0 heterocycles. The van der Waals surface area contributed by atoms with Crippen molar-refractivity contribution in [3.05, 3.63) is 58.9 Å². The van der Waals surface area contributed by atoms with Crippen LogP contribution in [0.5, 0.6) is 0 Å². The van der Waals surface area contributed by atoms with Crippen LogP contribution in [0.15, 0.2) is 30.3 Å². The summed E-state index contributed by atoms with van der Waals surface area (Å²) in [6.45, 7) is 1.67. The number of carbonyl (C=O) groups is 1. The average molecular weight is 294 g/mol. The van der Waals surface area contributed by atoms with Crippen molar-refractivity contribution in [3.63, 3.8) is 0 Å². The van der Waals surface area contributed by atoms with Gasteiger partial charge in [-0.05, 0) is 42.8 Å². The molecule has 2 rings (SSSR count). The molecular formula is C15H13F3N2O. The lowest BCUT2D eigenvalue weighted by atomic mass is 10.1. The maximum atomic E-state index is 13.6. The first kappa shape index (κ1) is 14.9. The number of hydrogen-bond acceptors (Lipinski definition) is 2. The fourth-order valence-corrected chi connectivity index (χ4v) is 1.95.